The number of hydrogen-bond acceptors (Lipinski definition) is 2. The van der Waals surface area contributed by atoms with Gasteiger partial charge in [-0.25, -0.2) is 4.98 Å². The number of halogens is 1. The number of rotatable bonds is 3. The zero-order chi connectivity index (χ0) is 12.6. The van der Waals surface area contributed by atoms with Gasteiger partial charge in [-0.2, -0.15) is 0 Å². The minimum Gasteiger partial charge on any atom is -0.369 e. The van der Waals surface area contributed by atoms with Crippen molar-refractivity contribution in [2.45, 2.75) is 27.3 Å². The summed E-state index contributed by atoms with van der Waals surface area (Å²) in [4.78, 5) is 4.40. The SMILES string of the molecule is CC(C)C(C)Cn1c(N)nc2cc(Br)ccc21. The molecule has 0 aliphatic rings. The molecule has 0 aliphatic heterocycles. The first-order valence-electron chi connectivity index (χ1n) is 5.90. The van der Waals surface area contributed by atoms with Crippen LogP contribution in [0.5, 0.6) is 0 Å². The van der Waals surface area contributed by atoms with Crippen LogP contribution in [0.25, 0.3) is 11.0 Å². The van der Waals surface area contributed by atoms with Crippen molar-refractivity contribution >= 4 is 32.9 Å². The van der Waals surface area contributed by atoms with Crippen molar-refractivity contribution in [3.8, 4) is 0 Å². The van der Waals surface area contributed by atoms with Gasteiger partial charge >= 0.3 is 0 Å². The smallest absolute Gasteiger partial charge is 0.201 e. The highest BCUT2D eigenvalue weighted by molar-refractivity contribution is 9.10. The Balaban J connectivity index is 2.43. The Morgan fingerprint density at radius 2 is 2.06 bits per heavy atom. The van der Waals surface area contributed by atoms with E-state index in [1.54, 1.807) is 0 Å². The standard InChI is InChI=1S/C13H18BrN3/c1-8(2)9(3)7-17-12-5-4-10(14)6-11(12)16-13(17)15/h4-6,8-9H,7H2,1-3H3,(H2,15,16). The van der Waals surface area contributed by atoms with Crippen molar-refractivity contribution in [1.29, 1.82) is 0 Å². The summed E-state index contributed by atoms with van der Waals surface area (Å²) < 4.78 is 3.14. The van der Waals surface area contributed by atoms with Gasteiger partial charge in [-0.15, -0.1) is 0 Å². The van der Waals surface area contributed by atoms with Crippen molar-refractivity contribution in [1.82, 2.24) is 9.55 Å². The van der Waals surface area contributed by atoms with Crippen molar-refractivity contribution in [3.05, 3.63) is 22.7 Å². The van der Waals surface area contributed by atoms with Crippen LogP contribution in [0.2, 0.25) is 0 Å². The molecule has 0 amide bonds. The summed E-state index contributed by atoms with van der Waals surface area (Å²) in [6, 6.07) is 6.10. The van der Waals surface area contributed by atoms with Crippen molar-refractivity contribution in [2.75, 3.05) is 5.73 Å². The average molecular weight is 296 g/mol. The first kappa shape index (κ1) is 12.4. The van der Waals surface area contributed by atoms with Crippen molar-refractivity contribution in [2.24, 2.45) is 11.8 Å². The van der Waals surface area contributed by atoms with Gasteiger partial charge in [-0.05, 0) is 30.0 Å². The quantitative estimate of drug-likeness (QED) is 0.939. The number of imidazole rings is 1. The molecular formula is C13H18BrN3. The molecule has 1 heterocycles. The van der Waals surface area contributed by atoms with Gasteiger partial charge in [-0.3, -0.25) is 0 Å². The fraction of sp³-hybridized carbons (Fsp3) is 0.462. The second-order valence-corrected chi connectivity index (χ2v) is 5.85. The maximum absolute atomic E-state index is 5.99. The van der Waals surface area contributed by atoms with E-state index in [4.69, 9.17) is 5.73 Å². The Labute approximate surface area is 110 Å². The monoisotopic (exact) mass is 295 g/mol. The highest BCUT2D eigenvalue weighted by Gasteiger charge is 2.13. The van der Waals surface area contributed by atoms with E-state index in [-0.39, 0.29) is 0 Å². The molecule has 2 rings (SSSR count). The number of nitrogen functional groups attached to an aromatic ring is 1. The van der Waals surface area contributed by atoms with Gasteiger partial charge in [0.1, 0.15) is 0 Å². The normalized spacial score (nSPS) is 13.5. The third-order valence-corrected chi connectivity index (χ3v) is 3.84. The van der Waals surface area contributed by atoms with Crippen LogP contribution in [0.4, 0.5) is 5.95 Å². The second-order valence-electron chi connectivity index (χ2n) is 4.93. The van der Waals surface area contributed by atoms with E-state index in [1.165, 1.54) is 0 Å². The van der Waals surface area contributed by atoms with Gasteiger partial charge in [0.15, 0.2) is 0 Å². The molecule has 0 radical (unpaired) electrons. The van der Waals surface area contributed by atoms with E-state index in [2.05, 4.69) is 52.3 Å². The van der Waals surface area contributed by atoms with Crippen LogP contribution in [0, 0.1) is 11.8 Å². The summed E-state index contributed by atoms with van der Waals surface area (Å²) in [7, 11) is 0. The summed E-state index contributed by atoms with van der Waals surface area (Å²) in [5.41, 5.74) is 8.05. The van der Waals surface area contributed by atoms with E-state index < -0.39 is 0 Å². The van der Waals surface area contributed by atoms with Crippen molar-refractivity contribution in [3.63, 3.8) is 0 Å². The lowest BCUT2D eigenvalue weighted by Gasteiger charge is -2.17. The molecule has 0 fully saturated rings. The van der Waals surface area contributed by atoms with Gasteiger partial charge in [-0.1, -0.05) is 36.7 Å². The third kappa shape index (κ3) is 2.46. The van der Waals surface area contributed by atoms with Crippen LogP contribution in [-0.4, -0.2) is 9.55 Å². The molecule has 0 saturated carbocycles. The van der Waals surface area contributed by atoms with E-state index in [9.17, 15) is 0 Å². The third-order valence-electron chi connectivity index (χ3n) is 3.35. The van der Waals surface area contributed by atoms with Crippen molar-refractivity contribution < 1.29 is 0 Å². The summed E-state index contributed by atoms with van der Waals surface area (Å²) >= 11 is 3.45. The Morgan fingerprint density at radius 3 is 2.71 bits per heavy atom. The van der Waals surface area contributed by atoms with Gasteiger partial charge in [0, 0.05) is 11.0 Å². The number of benzene rings is 1. The largest absolute Gasteiger partial charge is 0.369 e. The second kappa shape index (κ2) is 4.69. The molecule has 3 nitrogen and oxygen atoms in total. The number of hydrogen-bond donors (Lipinski definition) is 1. The highest BCUT2D eigenvalue weighted by Crippen LogP contribution is 2.24. The summed E-state index contributed by atoms with van der Waals surface area (Å²) in [6.07, 6.45) is 0. The predicted molar refractivity (Wildman–Crippen MR) is 75.8 cm³/mol. The number of nitrogens with zero attached hydrogens (tertiary/aromatic N) is 2. The predicted octanol–water partition coefficient (Wildman–Crippen LogP) is 3.67. The molecular weight excluding hydrogens is 278 g/mol. The molecule has 2 N–H and O–H groups in total. The lowest BCUT2D eigenvalue weighted by atomic mass is 9.98. The van der Waals surface area contributed by atoms with Crippen LogP contribution in [0.3, 0.4) is 0 Å². The molecule has 0 aliphatic carbocycles. The number of aromatic nitrogens is 2. The van der Waals surface area contributed by atoms with Crippen LogP contribution < -0.4 is 5.73 Å². The molecule has 2 aromatic rings. The van der Waals surface area contributed by atoms with Gasteiger partial charge in [0.05, 0.1) is 11.0 Å². The molecule has 1 unspecified atom stereocenters. The van der Waals surface area contributed by atoms with Crippen LogP contribution >= 0.6 is 15.9 Å². The van der Waals surface area contributed by atoms with Gasteiger partial charge in [0.25, 0.3) is 0 Å². The minimum absolute atomic E-state index is 0.582. The molecule has 1 atom stereocenters. The highest BCUT2D eigenvalue weighted by atomic mass is 79.9. The van der Waals surface area contributed by atoms with E-state index in [1.807, 2.05) is 12.1 Å². The molecule has 1 aromatic heterocycles. The lowest BCUT2D eigenvalue weighted by molar-refractivity contribution is 0.371. The summed E-state index contributed by atoms with van der Waals surface area (Å²) in [6.45, 7) is 7.63. The molecule has 0 spiro atoms. The van der Waals surface area contributed by atoms with Gasteiger partial charge in [0.2, 0.25) is 5.95 Å². The Morgan fingerprint density at radius 1 is 1.35 bits per heavy atom. The molecule has 4 heteroatoms. The first-order chi connectivity index (χ1) is 7.99. The lowest BCUT2D eigenvalue weighted by Crippen LogP contribution is -2.14. The Kier molecular flexibility index (Phi) is 3.43. The maximum atomic E-state index is 5.99. The topological polar surface area (TPSA) is 43.8 Å². The van der Waals surface area contributed by atoms with E-state index in [0.29, 0.717) is 17.8 Å². The average Bonchev–Trinajstić information content (AvgIpc) is 2.54. The zero-order valence-electron chi connectivity index (χ0n) is 10.4. The van der Waals surface area contributed by atoms with Crippen LogP contribution in [0.15, 0.2) is 22.7 Å². The first-order valence-corrected chi connectivity index (χ1v) is 6.69. The van der Waals surface area contributed by atoms with E-state index in [0.717, 1.165) is 22.1 Å². The van der Waals surface area contributed by atoms with Gasteiger partial charge < -0.3 is 10.3 Å². The fourth-order valence-corrected chi connectivity index (χ4v) is 2.16. The minimum atomic E-state index is 0.582. The molecule has 0 saturated heterocycles. The molecule has 1 aromatic carbocycles. The number of nitrogens with two attached hydrogens (primary N) is 1. The molecule has 92 valence electrons. The fourth-order valence-electron chi connectivity index (χ4n) is 1.81. The van der Waals surface area contributed by atoms with Crippen LogP contribution in [0.1, 0.15) is 20.8 Å². The van der Waals surface area contributed by atoms with E-state index >= 15 is 0 Å². The number of fused-ring (bicyclic) bond motifs is 1. The maximum Gasteiger partial charge on any atom is 0.201 e. The molecule has 17 heavy (non-hydrogen) atoms. The Bertz CT molecular complexity index is 531. The number of anilines is 1. The molecule has 0 bridgehead atoms. The van der Waals surface area contributed by atoms with Crippen LogP contribution in [-0.2, 0) is 6.54 Å². The Hall–Kier alpha value is -1.03. The summed E-state index contributed by atoms with van der Waals surface area (Å²) in [5, 5.41) is 0. The summed E-state index contributed by atoms with van der Waals surface area (Å²) in [5.74, 6) is 1.83. The zero-order valence-corrected chi connectivity index (χ0v) is 12.0.